The van der Waals surface area contributed by atoms with Crippen LogP contribution in [0.3, 0.4) is 0 Å². The Hall–Kier alpha value is -7.24. The zero-order valence-corrected chi connectivity index (χ0v) is 29.1. The number of hydrogen-bond donors (Lipinski definition) is 1. The fourth-order valence-corrected chi connectivity index (χ4v) is 7.81. The fraction of sp³-hybridized carbons (Fsp3) is 0.0204. The van der Waals surface area contributed by atoms with Crippen LogP contribution in [0.15, 0.2) is 182 Å². The molecule has 0 bridgehead atoms. The summed E-state index contributed by atoms with van der Waals surface area (Å²) < 4.78 is 29.2. The molecule has 0 saturated heterocycles. The molecule has 3 heterocycles. The van der Waals surface area contributed by atoms with Gasteiger partial charge in [0.2, 0.25) is 0 Å². The van der Waals surface area contributed by atoms with Crippen molar-refractivity contribution in [2.45, 2.75) is 6.85 Å². The molecule has 5 heteroatoms. The Kier molecular flexibility index (Phi) is 6.70. The summed E-state index contributed by atoms with van der Waals surface area (Å²) in [5.41, 5.74) is 11.4. The second-order valence-corrected chi connectivity index (χ2v) is 13.4. The summed E-state index contributed by atoms with van der Waals surface area (Å²) in [5.74, 6) is 0.606. The van der Waals surface area contributed by atoms with Crippen molar-refractivity contribution in [3.63, 3.8) is 0 Å². The van der Waals surface area contributed by atoms with Gasteiger partial charge in [0.25, 0.3) is 0 Å². The average molecular weight is 698 g/mol. The number of aromatic nitrogens is 4. The number of phenolic OH excluding ortho intramolecular Hbond substituents is 1. The monoisotopic (exact) mass is 697 g/mol. The summed E-state index contributed by atoms with van der Waals surface area (Å²) in [5, 5.41) is 13.6. The fourth-order valence-electron chi connectivity index (χ4n) is 7.81. The molecule has 1 N–H and O–H groups in total. The Morgan fingerprint density at radius 1 is 0.537 bits per heavy atom. The lowest BCUT2D eigenvalue weighted by molar-refractivity contribution is 0.477. The van der Waals surface area contributed by atoms with Gasteiger partial charge < -0.3 is 9.67 Å². The molecule has 0 amide bonds. The van der Waals surface area contributed by atoms with Gasteiger partial charge in [-0.2, -0.15) is 0 Å². The van der Waals surface area contributed by atoms with E-state index in [1.165, 1.54) is 0 Å². The third kappa shape index (κ3) is 5.09. The highest BCUT2D eigenvalue weighted by Crippen LogP contribution is 2.45. The van der Waals surface area contributed by atoms with E-state index in [0.717, 1.165) is 77.7 Å². The second kappa shape index (κ2) is 12.8. The van der Waals surface area contributed by atoms with Crippen LogP contribution >= 0.6 is 0 Å². The van der Waals surface area contributed by atoms with Gasteiger partial charge in [0.15, 0.2) is 0 Å². The molecule has 54 heavy (non-hydrogen) atoms. The van der Waals surface area contributed by atoms with Crippen LogP contribution in [0.4, 0.5) is 0 Å². The molecule has 0 fully saturated rings. The number of pyridine rings is 1. The normalized spacial score (nSPS) is 12.6. The van der Waals surface area contributed by atoms with Crippen molar-refractivity contribution in [2.75, 3.05) is 0 Å². The molecule has 0 spiro atoms. The summed E-state index contributed by atoms with van der Waals surface area (Å²) in [6.45, 7) is -2.31. The summed E-state index contributed by atoms with van der Waals surface area (Å²) in [6.07, 6.45) is 1.81. The van der Waals surface area contributed by atoms with Crippen molar-refractivity contribution in [3.8, 4) is 62.0 Å². The number of rotatable bonds is 6. The van der Waals surface area contributed by atoms with Gasteiger partial charge in [0.1, 0.15) is 11.6 Å². The summed E-state index contributed by atoms with van der Waals surface area (Å²) in [6, 6.07) is 57.7. The number of aromatic hydroxyl groups is 1. The smallest absolute Gasteiger partial charge is 0.149 e. The largest absolute Gasteiger partial charge is 0.507 e. The first kappa shape index (κ1) is 28.4. The molecular weight excluding hydrogens is 661 g/mol. The summed E-state index contributed by atoms with van der Waals surface area (Å²) >= 11 is 0. The van der Waals surface area contributed by atoms with E-state index < -0.39 is 6.85 Å². The van der Waals surface area contributed by atoms with Gasteiger partial charge in [-0.25, -0.2) is 4.98 Å². The van der Waals surface area contributed by atoms with E-state index in [2.05, 4.69) is 71.3 Å². The molecule has 0 unspecified atom stereocenters. The maximum absolute atomic E-state index is 11.4. The number of hydrogen-bond acceptors (Lipinski definition) is 3. The minimum atomic E-state index is -2.31. The molecule has 256 valence electrons. The van der Waals surface area contributed by atoms with Gasteiger partial charge in [0, 0.05) is 49.0 Å². The summed E-state index contributed by atoms with van der Waals surface area (Å²) in [4.78, 5) is 10.2. The molecule has 3 aromatic heterocycles. The maximum Gasteiger partial charge on any atom is 0.149 e. The lowest BCUT2D eigenvalue weighted by atomic mass is 9.96. The van der Waals surface area contributed by atoms with E-state index in [1.54, 1.807) is 24.3 Å². The molecule has 10 aromatic rings. The van der Waals surface area contributed by atoms with E-state index in [4.69, 9.17) is 14.1 Å². The Morgan fingerprint density at radius 2 is 1.28 bits per heavy atom. The molecule has 0 aliphatic heterocycles. The first-order valence-electron chi connectivity index (χ1n) is 19.4. The summed E-state index contributed by atoms with van der Waals surface area (Å²) in [7, 11) is 0. The second-order valence-electron chi connectivity index (χ2n) is 13.4. The quantitative estimate of drug-likeness (QED) is 0.188. The van der Waals surface area contributed by atoms with Crippen molar-refractivity contribution >= 4 is 32.8 Å². The van der Waals surface area contributed by atoms with Crippen LogP contribution in [0.25, 0.3) is 89.1 Å². The first-order valence-corrected chi connectivity index (χ1v) is 17.9. The van der Waals surface area contributed by atoms with Crippen LogP contribution in [0.2, 0.25) is 0 Å². The highest BCUT2D eigenvalue weighted by atomic mass is 16.3. The number of fused-ring (bicyclic) bond motifs is 4. The highest BCUT2D eigenvalue weighted by molar-refractivity contribution is 6.17. The van der Waals surface area contributed by atoms with E-state index >= 15 is 0 Å². The van der Waals surface area contributed by atoms with Gasteiger partial charge in [-0.15, -0.1) is 0 Å². The SMILES string of the molecule is [2H]C([2H])([2H])c1ccc(-n2c(-c3ccccc3O)nc3c(-c4cc(-c5ccccn5)cc5c6ccccc6n(-c6ccccc6)c45)cccc32)c(-c2ccccc2)c1. The van der Waals surface area contributed by atoms with Gasteiger partial charge in [-0.1, -0.05) is 109 Å². The van der Waals surface area contributed by atoms with Gasteiger partial charge in [0.05, 0.1) is 39.0 Å². The zero-order valence-electron chi connectivity index (χ0n) is 32.1. The number of benzene rings is 7. The van der Waals surface area contributed by atoms with Crippen LogP contribution < -0.4 is 0 Å². The van der Waals surface area contributed by atoms with E-state index in [0.29, 0.717) is 11.4 Å². The maximum atomic E-state index is 11.4. The van der Waals surface area contributed by atoms with Gasteiger partial charge in [-0.3, -0.25) is 9.55 Å². The van der Waals surface area contributed by atoms with Crippen molar-refractivity contribution in [3.05, 3.63) is 188 Å². The average Bonchev–Trinajstić information content (AvgIpc) is 3.80. The van der Waals surface area contributed by atoms with Crippen molar-refractivity contribution in [1.82, 2.24) is 19.1 Å². The standard InChI is InChI=1S/C49H34N4O/c1-32-26-27-44(39(29-32)33-15-4-2-5-16-33)53-45-24-14-21-37(47(45)51-49(53)38-20-9-11-25-46(38)54)41-31-34(42-22-12-13-28-50-42)30-40-36-19-8-10-23-43(36)52(48(40)41)35-17-6-3-7-18-35/h2-31,54H,1H3/i1D3. The number of phenols is 1. The number of aryl methyl sites for hydroxylation is 1. The first-order chi connectivity index (χ1) is 27.8. The Balaban J connectivity index is 1.35. The molecule has 10 rings (SSSR count). The van der Waals surface area contributed by atoms with Crippen LogP contribution in [-0.4, -0.2) is 24.2 Å². The molecule has 0 saturated carbocycles. The molecule has 0 radical (unpaired) electrons. The third-order valence-corrected chi connectivity index (χ3v) is 10.2. The number of nitrogens with zero attached hydrogens (tertiary/aromatic N) is 4. The van der Waals surface area contributed by atoms with Crippen LogP contribution in [0.1, 0.15) is 9.68 Å². The zero-order chi connectivity index (χ0) is 38.7. The molecule has 0 aliphatic rings. The minimum Gasteiger partial charge on any atom is -0.507 e. The Morgan fingerprint density at radius 3 is 2.09 bits per heavy atom. The third-order valence-electron chi connectivity index (χ3n) is 10.2. The van der Waals surface area contributed by atoms with Crippen molar-refractivity contribution in [2.24, 2.45) is 0 Å². The van der Waals surface area contributed by atoms with Gasteiger partial charge in [-0.05, 0) is 85.2 Å². The van der Waals surface area contributed by atoms with Crippen LogP contribution in [-0.2, 0) is 0 Å². The molecular formula is C49H34N4O. The molecule has 5 nitrogen and oxygen atoms in total. The highest BCUT2D eigenvalue weighted by Gasteiger charge is 2.24. The number of para-hydroxylation sites is 4. The van der Waals surface area contributed by atoms with E-state index in [9.17, 15) is 5.11 Å². The lowest BCUT2D eigenvalue weighted by Crippen LogP contribution is -2.01. The number of imidazole rings is 1. The Bertz CT molecular complexity index is 3120. The predicted octanol–water partition coefficient (Wildman–Crippen LogP) is 12.2. The van der Waals surface area contributed by atoms with Crippen molar-refractivity contribution < 1.29 is 9.22 Å². The molecule has 7 aromatic carbocycles. The van der Waals surface area contributed by atoms with Crippen LogP contribution in [0.5, 0.6) is 5.75 Å². The predicted molar refractivity (Wildman–Crippen MR) is 221 cm³/mol. The van der Waals surface area contributed by atoms with Crippen molar-refractivity contribution in [1.29, 1.82) is 0 Å². The lowest BCUT2D eigenvalue weighted by Gasteiger charge is -2.16. The van der Waals surface area contributed by atoms with Crippen LogP contribution in [0, 0.1) is 6.85 Å². The minimum absolute atomic E-state index is 0.0831. The molecule has 0 atom stereocenters. The Labute approximate surface area is 316 Å². The van der Waals surface area contributed by atoms with Gasteiger partial charge >= 0.3 is 0 Å². The van der Waals surface area contributed by atoms with E-state index in [1.807, 2.05) is 95.7 Å². The van der Waals surface area contributed by atoms with E-state index in [-0.39, 0.29) is 11.3 Å². The molecule has 0 aliphatic carbocycles. The topological polar surface area (TPSA) is 55.9 Å².